The first-order valence-corrected chi connectivity index (χ1v) is 11.9. The van der Waals surface area contributed by atoms with E-state index in [1.165, 1.54) is 6.42 Å². The molecule has 178 valence electrons. The third-order valence-corrected chi connectivity index (χ3v) is 6.84. The number of nitrogens with one attached hydrogen (secondary N) is 1. The van der Waals surface area contributed by atoms with Crippen molar-refractivity contribution >= 4 is 23.0 Å². The number of rotatable bonds is 5. The van der Waals surface area contributed by atoms with Gasteiger partial charge in [-0.25, -0.2) is 0 Å². The maximum Gasteiger partial charge on any atom is 0.267 e. The predicted octanol–water partition coefficient (Wildman–Crippen LogP) is 1.94. The molecule has 34 heavy (non-hydrogen) atoms. The summed E-state index contributed by atoms with van der Waals surface area (Å²) in [5, 5.41) is 7.23. The fraction of sp³-hybridized carbons (Fsp3) is 0.440. The van der Waals surface area contributed by atoms with Gasteiger partial charge in [-0.1, -0.05) is 25.3 Å². The van der Waals surface area contributed by atoms with Gasteiger partial charge in [0.05, 0.1) is 23.9 Å². The molecule has 2 fully saturated rings. The lowest BCUT2D eigenvalue weighted by molar-refractivity contribution is -0.121. The lowest BCUT2D eigenvalue weighted by Gasteiger charge is -2.33. The Bertz CT molecular complexity index is 1270. The second-order valence-corrected chi connectivity index (χ2v) is 9.28. The van der Waals surface area contributed by atoms with Gasteiger partial charge in [-0.3, -0.25) is 28.4 Å². The molecule has 1 saturated carbocycles. The highest BCUT2D eigenvalue weighted by atomic mass is 16.2. The van der Waals surface area contributed by atoms with Crippen molar-refractivity contribution in [3.8, 4) is 0 Å². The number of aryl methyl sites for hydroxylation is 1. The van der Waals surface area contributed by atoms with Crippen molar-refractivity contribution in [3.63, 3.8) is 0 Å². The third kappa shape index (κ3) is 4.48. The number of amides is 2. The quantitative estimate of drug-likeness (QED) is 0.626. The van der Waals surface area contributed by atoms with Crippen molar-refractivity contribution in [2.75, 3.05) is 24.5 Å². The fourth-order valence-electron chi connectivity index (χ4n) is 5.04. The molecule has 0 unspecified atom stereocenters. The van der Waals surface area contributed by atoms with E-state index >= 15 is 0 Å². The zero-order valence-corrected chi connectivity index (χ0v) is 19.4. The number of pyridine rings is 2. The molecular formula is C25H30N6O3. The minimum Gasteiger partial charge on any atom is -0.349 e. The molecular weight excluding hydrogens is 432 g/mol. The Morgan fingerprint density at radius 2 is 1.97 bits per heavy atom. The molecule has 3 aromatic heterocycles. The Morgan fingerprint density at radius 3 is 2.71 bits per heavy atom. The highest BCUT2D eigenvalue weighted by Gasteiger charge is 2.27. The van der Waals surface area contributed by atoms with Gasteiger partial charge in [-0.15, -0.1) is 0 Å². The number of hydrogen-bond acceptors (Lipinski definition) is 5. The molecule has 0 spiro atoms. The van der Waals surface area contributed by atoms with E-state index in [-0.39, 0.29) is 35.5 Å². The van der Waals surface area contributed by atoms with Crippen molar-refractivity contribution in [2.45, 2.75) is 44.7 Å². The number of fused-ring (bicyclic) bond motifs is 1. The van der Waals surface area contributed by atoms with Gasteiger partial charge < -0.3 is 10.2 Å². The van der Waals surface area contributed by atoms with Gasteiger partial charge >= 0.3 is 0 Å². The van der Waals surface area contributed by atoms with Gasteiger partial charge in [-0.05, 0) is 36.6 Å². The van der Waals surface area contributed by atoms with Crippen LogP contribution in [0.25, 0.3) is 5.52 Å². The van der Waals surface area contributed by atoms with Gasteiger partial charge in [0.1, 0.15) is 5.56 Å². The Balaban J connectivity index is 1.38. The monoisotopic (exact) mass is 462 g/mol. The average molecular weight is 463 g/mol. The summed E-state index contributed by atoms with van der Waals surface area (Å²) >= 11 is 0. The molecule has 1 aliphatic carbocycles. The highest BCUT2D eigenvalue weighted by molar-refractivity contribution is 5.96. The van der Waals surface area contributed by atoms with E-state index in [9.17, 15) is 14.4 Å². The van der Waals surface area contributed by atoms with E-state index in [1.807, 2.05) is 25.4 Å². The Morgan fingerprint density at radius 1 is 1.15 bits per heavy atom. The summed E-state index contributed by atoms with van der Waals surface area (Å²) in [5.41, 5.74) is 2.25. The van der Waals surface area contributed by atoms with Crippen LogP contribution in [0.5, 0.6) is 0 Å². The normalized spacial score (nSPS) is 17.9. The van der Waals surface area contributed by atoms with E-state index < -0.39 is 0 Å². The minimum absolute atomic E-state index is 0.00641. The number of carbonyl (C=O) groups excluding carboxylic acids is 2. The number of piperazine rings is 1. The maximum absolute atomic E-state index is 13.1. The summed E-state index contributed by atoms with van der Waals surface area (Å²) in [4.78, 5) is 42.9. The smallest absolute Gasteiger partial charge is 0.267 e. The van der Waals surface area contributed by atoms with Crippen molar-refractivity contribution in [1.82, 2.24) is 24.4 Å². The van der Waals surface area contributed by atoms with E-state index in [2.05, 4.69) is 15.3 Å². The summed E-state index contributed by atoms with van der Waals surface area (Å²) in [5.74, 6) is -0.305. The molecule has 4 heterocycles. The number of carbonyl (C=O) groups is 2. The first kappa shape index (κ1) is 22.3. The van der Waals surface area contributed by atoms with Crippen molar-refractivity contribution in [1.29, 1.82) is 0 Å². The van der Waals surface area contributed by atoms with Gasteiger partial charge in [0, 0.05) is 45.1 Å². The second-order valence-electron chi connectivity index (χ2n) is 9.28. The van der Waals surface area contributed by atoms with Crippen LogP contribution < -0.4 is 15.8 Å². The van der Waals surface area contributed by atoms with Gasteiger partial charge in [0.25, 0.3) is 11.5 Å². The molecule has 0 atom stereocenters. The van der Waals surface area contributed by atoms with E-state index in [1.54, 1.807) is 38.5 Å². The number of aromatic nitrogens is 3. The molecule has 2 aliphatic rings. The number of hydrogen-bond donors (Lipinski definition) is 1. The zero-order chi connectivity index (χ0) is 23.7. The van der Waals surface area contributed by atoms with Crippen molar-refractivity contribution in [2.24, 2.45) is 7.05 Å². The van der Waals surface area contributed by atoms with Gasteiger partial charge in [-0.2, -0.15) is 5.10 Å². The van der Waals surface area contributed by atoms with Crippen LogP contribution in [-0.4, -0.2) is 56.6 Å². The van der Waals surface area contributed by atoms with Crippen LogP contribution in [0.4, 0.5) is 5.69 Å². The molecule has 1 N–H and O–H groups in total. The lowest BCUT2D eigenvalue weighted by atomic mass is 9.95. The molecule has 0 radical (unpaired) electrons. The van der Waals surface area contributed by atoms with E-state index in [4.69, 9.17) is 0 Å². The van der Waals surface area contributed by atoms with Crippen LogP contribution in [0.1, 0.15) is 48.0 Å². The SMILES string of the molecule is Cn1cc(N2CCN(Cc3cc(C(=O)NC4CCCCC4)c(=O)n4ccccc34)CC2=O)cn1. The molecule has 3 aromatic rings. The predicted molar refractivity (Wildman–Crippen MR) is 129 cm³/mol. The Labute approximate surface area is 198 Å². The largest absolute Gasteiger partial charge is 0.349 e. The van der Waals surface area contributed by atoms with Crippen molar-refractivity contribution < 1.29 is 9.59 Å². The number of anilines is 1. The van der Waals surface area contributed by atoms with Crippen LogP contribution in [0.15, 0.2) is 47.7 Å². The first-order chi connectivity index (χ1) is 16.5. The van der Waals surface area contributed by atoms with Crippen molar-refractivity contribution in [3.05, 3.63) is 64.3 Å². The highest BCUT2D eigenvalue weighted by Crippen LogP contribution is 2.20. The molecule has 9 nitrogen and oxygen atoms in total. The summed E-state index contributed by atoms with van der Waals surface area (Å²) in [6.45, 7) is 1.98. The molecule has 1 aliphatic heterocycles. The second kappa shape index (κ2) is 9.42. The van der Waals surface area contributed by atoms with Crippen LogP contribution in [0, 0.1) is 0 Å². The number of nitrogens with zero attached hydrogens (tertiary/aromatic N) is 5. The lowest BCUT2D eigenvalue weighted by Crippen LogP contribution is -2.50. The Kier molecular flexibility index (Phi) is 6.19. The standard InChI is InChI=1S/C25H30N6O3/c1-28-16-20(14-26-28)30-12-11-29(17-23(30)32)15-18-13-21(24(33)27-19-7-3-2-4-8-19)25(34)31-10-6-5-9-22(18)31/h5-6,9-10,13-14,16,19H,2-4,7-8,11-12,15,17H2,1H3,(H,27,33). The third-order valence-electron chi connectivity index (χ3n) is 6.84. The molecule has 1 saturated heterocycles. The summed E-state index contributed by atoms with van der Waals surface area (Å²) in [6, 6.07) is 7.39. The van der Waals surface area contributed by atoms with Gasteiger partial charge in [0.2, 0.25) is 5.91 Å². The average Bonchev–Trinajstić information content (AvgIpc) is 3.27. The summed E-state index contributed by atoms with van der Waals surface area (Å²) in [6.07, 6.45) is 10.5. The van der Waals surface area contributed by atoms with E-state index in [0.717, 1.165) is 42.5 Å². The fourth-order valence-corrected chi connectivity index (χ4v) is 5.04. The molecule has 0 aromatic carbocycles. The molecule has 2 amide bonds. The maximum atomic E-state index is 13.1. The van der Waals surface area contributed by atoms with Crippen LogP contribution in [0.3, 0.4) is 0 Å². The first-order valence-electron chi connectivity index (χ1n) is 11.9. The van der Waals surface area contributed by atoms with Crippen LogP contribution in [-0.2, 0) is 18.4 Å². The molecule has 0 bridgehead atoms. The Hall–Kier alpha value is -3.46. The molecule has 9 heteroatoms. The summed E-state index contributed by atoms with van der Waals surface area (Å²) in [7, 11) is 1.83. The van der Waals surface area contributed by atoms with Gasteiger partial charge in [0.15, 0.2) is 0 Å². The minimum atomic E-state index is -0.315. The summed E-state index contributed by atoms with van der Waals surface area (Å²) < 4.78 is 3.22. The van der Waals surface area contributed by atoms with Crippen LogP contribution >= 0.6 is 0 Å². The van der Waals surface area contributed by atoms with Crippen LogP contribution in [0.2, 0.25) is 0 Å². The van der Waals surface area contributed by atoms with E-state index in [0.29, 0.717) is 19.6 Å². The zero-order valence-electron chi connectivity index (χ0n) is 19.4. The topological polar surface area (TPSA) is 92.0 Å². The molecule has 5 rings (SSSR count).